The molecule has 1 saturated heterocycles. The van der Waals surface area contributed by atoms with E-state index in [0.717, 1.165) is 48.4 Å². The Morgan fingerprint density at radius 3 is 2.71 bits per heavy atom. The Kier molecular flexibility index (Phi) is 7.04. The molecular formula is C24H32N6O. The fourth-order valence-corrected chi connectivity index (χ4v) is 4.20. The van der Waals surface area contributed by atoms with Gasteiger partial charge in [-0.2, -0.15) is 0 Å². The average molecular weight is 421 g/mol. The molecule has 0 bridgehead atoms. The second-order valence-corrected chi connectivity index (χ2v) is 8.02. The Hall–Kier alpha value is -3.06. The fraction of sp³-hybridized carbons (Fsp3) is 0.417. The number of guanidine groups is 1. The van der Waals surface area contributed by atoms with E-state index in [1.807, 2.05) is 44.6 Å². The molecular weight excluding hydrogens is 388 g/mol. The average Bonchev–Trinajstić information content (AvgIpc) is 3.50. The van der Waals surface area contributed by atoms with E-state index in [-0.39, 0.29) is 6.04 Å². The number of aromatic nitrogens is 2. The van der Waals surface area contributed by atoms with Gasteiger partial charge in [0.2, 0.25) is 0 Å². The van der Waals surface area contributed by atoms with Crippen LogP contribution < -0.4 is 5.32 Å². The van der Waals surface area contributed by atoms with Crippen molar-refractivity contribution >= 4 is 5.96 Å². The van der Waals surface area contributed by atoms with E-state index in [2.05, 4.69) is 48.3 Å². The topological polar surface area (TPSA) is 72.7 Å². The molecule has 1 fully saturated rings. The summed E-state index contributed by atoms with van der Waals surface area (Å²) in [6.07, 6.45) is 7.45. The van der Waals surface area contributed by atoms with Gasteiger partial charge in [-0.25, -0.2) is 4.98 Å². The minimum atomic E-state index is 0.203. The SMILES string of the molecule is CN=C(NCC(c1ccco1)N1CCCCC1)N(C)Cc1ncc(-c2ccccc2)[nH]1. The summed E-state index contributed by atoms with van der Waals surface area (Å²) < 4.78 is 5.77. The second kappa shape index (κ2) is 10.3. The van der Waals surface area contributed by atoms with Crippen molar-refractivity contribution in [3.63, 3.8) is 0 Å². The summed E-state index contributed by atoms with van der Waals surface area (Å²) in [6, 6.07) is 14.5. The highest BCUT2D eigenvalue weighted by Crippen LogP contribution is 2.24. The van der Waals surface area contributed by atoms with E-state index in [4.69, 9.17) is 4.42 Å². The normalized spacial score (nSPS) is 16.3. The van der Waals surface area contributed by atoms with E-state index >= 15 is 0 Å². The first-order chi connectivity index (χ1) is 15.2. The molecule has 7 nitrogen and oxygen atoms in total. The lowest BCUT2D eigenvalue weighted by atomic mass is 10.1. The molecule has 2 N–H and O–H groups in total. The summed E-state index contributed by atoms with van der Waals surface area (Å²) >= 11 is 0. The molecule has 3 aromatic rings. The Balaban J connectivity index is 1.38. The Morgan fingerprint density at radius 1 is 1.19 bits per heavy atom. The van der Waals surface area contributed by atoms with Crippen LogP contribution in [0.25, 0.3) is 11.3 Å². The number of piperidine rings is 1. The number of benzene rings is 1. The molecule has 1 aliphatic rings. The highest BCUT2D eigenvalue weighted by Gasteiger charge is 2.25. The van der Waals surface area contributed by atoms with E-state index < -0.39 is 0 Å². The van der Waals surface area contributed by atoms with Crippen molar-refractivity contribution in [3.05, 3.63) is 66.5 Å². The highest BCUT2D eigenvalue weighted by atomic mass is 16.3. The number of nitrogens with one attached hydrogen (secondary N) is 2. The predicted octanol–water partition coefficient (Wildman–Crippen LogP) is 3.90. The van der Waals surface area contributed by atoms with Gasteiger partial charge in [-0.15, -0.1) is 0 Å². The molecule has 31 heavy (non-hydrogen) atoms. The molecule has 164 valence electrons. The molecule has 3 heterocycles. The number of furan rings is 1. The maximum Gasteiger partial charge on any atom is 0.193 e. The monoisotopic (exact) mass is 420 g/mol. The van der Waals surface area contributed by atoms with Crippen LogP contribution >= 0.6 is 0 Å². The quantitative estimate of drug-likeness (QED) is 0.448. The van der Waals surface area contributed by atoms with Gasteiger partial charge in [0.25, 0.3) is 0 Å². The van der Waals surface area contributed by atoms with Crippen molar-refractivity contribution in [2.75, 3.05) is 33.7 Å². The molecule has 1 aromatic carbocycles. The van der Waals surface area contributed by atoms with Gasteiger partial charge in [0.1, 0.15) is 11.6 Å². The van der Waals surface area contributed by atoms with E-state index in [0.29, 0.717) is 6.54 Å². The van der Waals surface area contributed by atoms with Crippen LogP contribution in [0.5, 0.6) is 0 Å². The van der Waals surface area contributed by atoms with Gasteiger partial charge in [0.15, 0.2) is 5.96 Å². The first-order valence-corrected chi connectivity index (χ1v) is 11.0. The van der Waals surface area contributed by atoms with E-state index in [9.17, 15) is 0 Å². The van der Waals surface area contributed by atoms with Gasteiger partial charge in [-0.3, -0.25) is 9.89 Å². The first kappa shape index (κ1) is 21.2. The molecule has 0 aliphatic carbocycles. The van der Waals surface area contributed by atoms with Crippen LogP contribution in [-0.4, -0.2) is 59.5 Å². The molecule has 2 aromatic heterocycles. The van der Waals surface area contributed by atoms with E-state index in [1.54, 1.807) is 6.26 Å². The molecule has 0 spiro atoms. The number of likely N-dealkylation sites (tertiary alicyclic amines) is 1. The second-order valence-electron chi connectivity index (χ2n) is 8.02. The number of H-pyrrole nitrogens is 1. The molecule has 1 aliphatic heterocycles. The summed E-state index contributed by atoms with van der Waals surface area (Å²) in [6.45, 7) is 3.60. The van der Waals surface area contributed by atoms with Crippen LogP contribution in [-0.2, 0) is 6.54 Å². The minimum absolute atomic E-state index is 0.203. The van der Waals surface area contributed by atoms with Crippen LogP contribution in [0, 0.1) is 0 Å². The number of aliphatic imine (C=N–C) groups is 1. The molecule has 0 amide bonds. The number of aromatic amines is 1. The standard InChI is InChI=1S/C24H32N6O/c1-25-24(27-17-21(22-12-9-15-31-22)30-13-7-4-8-14-30)29(2)18-23-26-16-20(28-23)19-10-5-3-6-11-19/h3,5-6,9-12,15-16,21H,4,7-8,13-14,17-18H2,1-2H3,(H,25,27)(H,26,28). The molecule has 4 rings (SSSR count). The third-order valence-electron chi connectivity index (χ3n) is 5.83. The summed E-state index contributed by atoms with van der Waals surface area (Å²) in [5.74, 6) is 2.75. The third-order valence-corrected chi connectivity index (χ3v) is 5.83. The lowest BCUT2D eigenvalue weighted by molar-refractivity contribution is 0.146. The van der Waals surface area contributed by atoms with Crippen molar-refractivity contribution < 1.29 is 4.42 Å². The smallest absolute Gasteiger partial charge is 0.193 e. The Bertz CT molecular complexity index is 944. The zero-order chi connectivity index (χ0) is 21.5. The van der Waals surface area contributed by atoms with Crippen LogP contribution in [0.4, 0.5) is 0 Å². The van der Waals surface area contributed by atoms with Gasteiger partial charge in [0, 0.05) is 20.6 Å². The molecule has 1 atom stereocenters. The largest absolute Gasteiger partial charge is 0.468 e. The molecule has 0 radical (unpaired) electrons. The van der Waals surface area contributed by atoms with Crippen molar-refractivity contribution in [1.82, 2.24) is 25.1 Å². The maximum absolute atomic E-state index is 5.77. The van der Waals surface area contributed by atoms with Gasteiger partial charge in [0.05, 0.1) is 30.7 Å². The number of hydrogen-bond acceptors (Lipinski definition) is 4. The summed E-state index contributed by atoms with van der Waals surface area (Å²) in [7, 11) is 3.85. The van der Waals surface area contributed by atoms with Crippen LogP contribution in [0.3, 0.4) is 0 Å². The van der Waals surface area contributed by atoms with Gasteiger partial charge in [-0.05, 0) is 43.6 Å². The first-order valence-electron chi connectivity index (χ1n) is 11.0. The van der Waals surface area contributed by atoms with Gasteiger partial charge in [-0.1, -0.05) is 36.8 Å². The zero-order valence-corrected chi connectivity index (χ0v) is 18.4. The highest BCUT2D eigenvalue weighted by molar-refractivity contribution is 5.79. The molecule has 0 saturated carbocycles. The fourth-order valence-electron chi connectivity index (χ4n) is 4.20. The predicted molar refractivity (Wildman–Crippen MR) is 124 cm³/mol. The van der Waals surface area contributed by atoms with Gasteiger partial charge >= 0.3 is 0 Å². The van der Waals surface area contributed by atoms with Crippen LogP contribution in [0.1, 0.15) is 36.9 Å². The van der Waals surface area contributed by atoms with Crippen molar-refractivity contribution in [2.45, 2.75) is 31.8 Å². The lowest BCUT2D eigenvalue weighted by Crippen LogP contribution is -2.44. The van der Waals surface area contributed by atoms with Crippen LogP contribution in [0.15, 0.2) is 64.3 Å². The third kappa shape index (κ3) is 5.35. The lowest BCUT2D eigenvalue weighted by Gasteiger charge is -2.34. The van der Waals surface area contributed by atoms with Crippen molar-refractivity contribution in [1.29, 1.82) is 0 Å². The maximum atomic E-state index is 5.77. The van der Waals surface area contributed by atoms with Crippen LogP contribution in [0.2, 0.25) is 0 Å². The Morgan fingerprint density at radius 2 is 2.00 bits per heavy atom. The number of nitrogens with zero attached hydrogens (tertiary/aromatic N) is 4. The summed E-state index contributed by atoms with van der Waals surface area (Å²) in [4.78, 5) is 17.1. The van der Waals surface area contributed by atoms with Crippen molar-refractivity contribution in [3.8, 4) is 11.3 Å². The van der Waals surface area contributed by atoms with E-state index in [1.165, 1.54) is 19.3 Å². The minimum Gasteiger partial charge on any atom is -0.468 e. The Labute approximate surface area is 184 Å². The molecule has 7 heteroatoms. The number of imidazole rings is 1. The summed E-state index contributed by atoms with van der Waals surface area (Å²) in [5, 5.41) is 3.55. The zero-order valence-electron chi connectivity index (χ0n) is 18.4. The molecule has 1 unspecified atom stereocenters. The number of rotatable bonds is 7. The van der Waals surface area contributed by atoms with Gasteiger partial charge < -0.3 is 19.6 Å². The number of hydrogen-bond donors (Lipinski definition) is 2. The van der Waals surface area contributed by atoms with Crippen molar-refractivity contribution in [2.24, 2.45) is 4.99 Å². The summed E-state index contributed by atoms with van der Waals surface area (Å²) in [5.41, 5.74) is 2.16.